The van der Waals surface area contributed by atoms with Crippen LogP contribution in [0, 0.1) is 5.41 Å². The lowest BCUT2D eigenvalue weighted by molar-refractivity contribution is -0.197. The summed E-state index contributed by atoms with van der Waals surface area (Å²) in [5.74, 6) is -0.585. The predicted octanol–water partition coefficient (Wildman–Crippen LogP) is -0.553. The molecule has 0 saturated carbocycles. The monoisotopic (exact) mass is 216 g/mol. The van der Waals surface area contributed by atoms with Gasteiger partial charge >= 0.3 is 5.97 Å². The van der Waals surface area contributed by atoms with E-state index in [-0.39, 0.29) is 5.41 Å². The van der Waals surface area contributed by atoms with E-state index in [4.69, 9.17) is 9.47 Å². The van der Waals surface area contributed by atoms with Crippen LogP contribution in [0.5, 0.6) is 0 Å². The molecule has 0 amide bonds. The van der Waals surface area contributed by atoms with Gasteiger partial charge in [0.25, 0.3) is 0 Å². The number of carbonyl (C=O) groups is 1. The summed E-state index contributed by atoms with van der Waals surface area (Å²) in [6, 6.07) is 0. The topological polar surface area (TPSA) is 76.0 Å². The van der Waals surface area contributed by atoms with E-state index in [0.717, 1.165) is 0 Å². The molecule has 0 aromatic rings. The molecule has 0 aromatic carbocycles. The minimum Gasteiger partial charge on any atom is -0.455 e. The van der Waals surface area contributed by atoms with Crippen LogP contribution in [0.3, 0.4) is 0 Å². The summed E-state index contributed by atoms with van der Waals surface area (Å²) in [5, 5.41) is 19.5. The van der Waals surface area contributed by atoms with Crippen LogP contribution in [-0.2, 0) is 14.3 Å². The minimum atomic E-state index is -1.05. The smallest absolute Gasteiger partial charge is 0.338 e. The molecule has 2 rings (SSSR count). The van der Waals surface area contributed by atoms with E-state index in [9.17, 15) is 15.0 Å². The molecule has 0 aliphatic carbocycles. The number of aliphatic hydroxyl groups is 2. The fourth-order valence-corrected chi connectivity index (χ4v) is 2.12. The molecule has 2 N–H and O–H groups in total. The van der Waals surface area contributed by atoms with E-state index in [1.165, 1.54) is 0 Å². The van der Waals surface area contributed by atoms with E-state index >= 15 is 0 Å². The van der Waals surface area contributed by atoms with Crippen LogP contribution in [0.25, 0.3) is 0 Å². The Morgan fingerprint density at radius 3 is 2.33 bits per heavy atom. The summed E-state index contributed by atoms with van der Waals surface area (Å²) in [4.78, 5) is 11.3. The lowest BCUT2D eigenvalue weighted by Crippen LogP contribution is -2.57. The van der Waals surface area contributed by atoms with Crippen molar-refractivity contribution in [2.24, 2.45) is 5.41 Å². The van der Waals surface area contributed by atoms with Crippen molar-refractivity contribution in [3.63, 3.8) is 0 Å². The molecule has 2 bridgehead atoms. The van der Waals surface area contributed by atoms with Crippen LogP contribution < -0.4 is 0 Å². The molecule has 2 heterocycles. The van der Waals surface area contributed by atoms with Gasteiger partial charge in [-0.15, -0.1) is 0 Å². The van der Waals surface area contributed by atoms with E-state index in [0.29, 0.717) is 0 Å². The highest BCUT2D eigenvalue weighted by Gasteiger charge is 2.57. The fraction of sp³-hybridized carbons (Fsp3) is 0.900. The first-order valence-corrected chi connectivity index (χ1v) is 5.04. The Morgan fingerprint density at radius 1 is 1.20 bits per heavy atom. The van der Waals surface area contributed by atoms with Gasteiger partial charge in [-0.25, -0.2) is 4.79 Å². The van der Waals surface area contributed by atoms with Gasteiger partial charge in [-0.3, -0.25) is 0 Å². The fourth-order valence-electron chi connectivity index (χ4n) is 2.12. The lowest BCUT2D eigenvalue weighted by Gasteiger charge is -2.40. The largest absolute Gasteiger partial charge is 0.455 e. The maximum absolute atomic E-state index is 11.3. The third kappa shape index (κ3) is 1.55. The Bertz CT molecular complexity index is 282. The number of hydrogen-bond donors (Lipinski definition) is 2. The molecule has 5 atom stereocenters. The van der Waals surface area contributed by atoms with Gasteiger partial charge in [0.1, 0.15) is 12.2 Å². The number of rotatable bonds is 0. The molecular weight excluding hydrogens is 200 g/mol. The SMILES string of the molecule is CC(C)(C)[C@@H]1O[C@@H]2C(=O)O[C@@H](C2O)[C@H]1O. The average Bonchev–Trinajstić information content (AvgIpc) is 2.26. The second kappa shape index (κ2) is 3.17. The van der Waals surface area contributed by atoms with E-state index < -0.39 is 36.5 Å². The standard InChI is InChI=1S/C10H16O5/c1-10(2,3)8-5(12)6-4(11)7(14-8)9(13)15-6/h4-8,11-12H,1-3H3/t4?,5-,6+,7+,8-/m1/s1. The molecule has 0 radical (unpaired) electrons. The van der Waals surface area contributed by atoms with Crippen molar-refractivity contribution in [1.82, 2.24) is 0 Å². The van der Waals surface area contributed by atoms with Crippen LogP contribution >= 0.6 is 0 Å². The zero-order valence-corrected chi connectivity index (χ0v) is 9.01. The first kappa shape index (κ1) is 10.9. The van der Waals surface area contributed by atoms with Crippen molar-refractivity contribution in [3.05, 3.63) is 0 Å². The summed E-state index contributed by atoms with van der Waals surface area (Å²) in [6.45, 7) is 5.72. The van der Waals surface area contributed by atoms with Crippen molar-refractivity contribution < 1.29 is 24.5 Å². The Hall–Kier alpha value is -0.650. The first-order valence-electron chi connectivity index (χ1n) is 5.04. The van der Waals surface area contributed by atoms with Crippen molar-refractivity contribution in [1.29, 1.82) is 0 Å². The van der Waals surface area contributed by atoms with Gasteiger partial charge < -0.3 is 19.7 Å². The van der Waals surface area contributed by atoms with E-state index in [2.05, 4.69) is 0 Å². The molecule has 2 fully saturated rings. The summed E-state index contributed by atoms with van der Waals surface area (Å²) in [5.41, 5.74) is -0.302. The zero-order valence-electron chi connectivity index (χ0n) is 9.01. The van der Waals surface area contributed by atoms with Gasteiger partial charge in [0.05, 0.1) is 6.10 Å². The van der Waals surface area contributed by atoms with E-state index in [1.54, 1.807) is 0 Å². The maximum Gasteiger partial charge on any atom is 0.338 e. The first-order chi connectivity index (χ1) is 6.82. The van der Waals surface area contributed by atoms with Crippen LogP contribution in [0.15, 0.2) is 0 Å². The summed E-state index contributed by atoms with van der Waals surface area (Å²) < 4.78 is 10.3. The zero-order chi connectivity index (χ0) is 11.4. The molecule has 0 spiro atoms. The van der Waals surface area contributed by atoms with Crippen LogP contribution in [0.1, 0.15) is 20.8 Å². The Kier molecular flexibility index (Phi) is 2.29. The third-order valence-electron chi connectivity index (χ3n) is 2.92. The third-order valence-corrected chi connectivity index (χ3v) is 2.92. The highest BCUT2D eigenvalue weighted by atomic mass is 16.6. The van der Waals surface area contributed by atoms with Crippen molar-refractivity contribution in [2.75, 3.05) is 0 Å². The molecule has 2 aliphatic heterocycles. The summed E-state index contributed by atoms with van der Waals surface area (Å²) >= 11 is 0. The van der Waals surface area contributed by atoms with Gasteiger partial charge in [0.2, 0.25) is 0 Å². The number of carbonyl (C=O) groups excluding carboxylic acids is 1. The normalized spacial score (nSPS) is 45.4. The van der Waals surface area contributed by atoms with E-state index in [1.807, 2.05) is 20.8 Å². The molecule has 0 aromatic heterocycles. The quantitative estimate of drug-likeness (QED) is 0.531. The number of ether oxygens (including phenoxy) is 2. The van der Waals surface area contributed by atoms with Gasteiger partial charge in [-0.05, 0) is 5.41 Å². The summed E-state index contributed by atoms with van der Waals surface area (Å²) in [6.07, 6.45) is -4.31. The number of hydrogen-bond acceptors (Lipinski definition) is 5. The van der Waals surface area contributed by atoms with Gasteiger partial charge in [0, 0.05) is 0 Å². The molecule has 5 nitrogen and oxygen atoms in total. The van der Waals surface area contributed by atoms with Crippen LogP contribution in [0.2, 0.25) is 0 Å². The second-order valence-corrected chi connectivity index (χ2v) is 5.23. The molecule has 86 valence electrons. The van der Waals surface area contributed by atoms with Gasteiger partial charge in [0.15, 0.2) is 12.2 Å². The van der Waals surface area contributed by atoms with Crippen molar-refractivity contribution >= 4 is 5.97 Å². The predicted molar refractivity (Wildman–Crippen MR) is 50.0 cm³/mol. The molecular formula is C10H16O5. The van der Waals surface area contributed by atoms with Gasteiger partial charge in [-0.1, -0.05) is 20.8 Å². The molecule has 1 unspecified atom stereocenters. The number of esters is 1. The molecule has 15 heavy (non-hydrogen) atoms. The average molecular weight is 216 g/mol. The molecule has 2 aliphatic rings. The molecule has 2 saturated heterocycles. The Labute approximate surface area is 88.0 Å². The highest BCUT2D eigenvalue weighted by Crippen LogP contribution is 2.37. The van der Waals surface area contributed by atoms with Crippen molar-refractivity contribution in [2.45, 2.75) is 51.3 Å². The highest BCUT2D eigenvalue weighted by molar-refractivity contribution is 5.78. The van der Waals surface area contributed by atoms with Crippen LogP contribution in [0.4, 0.5) is 0 Å². The maximum atomic E-state index is 11.3. The van der Waals surface area contributed by atoms with Gasteiger partial charge in [-0.2, -0.15) is 0 Å². The van der Waals surface area contributed by atoms with Crippen LogP contribution in [-0.4, -0.2) is 46.7 Å². The number of aliphatic hydroxyl groups excluding tert-OH is 2. The molecule has 5 heteroatoms. The van der Waals surface area contributed by atoms with Crippen molar-refractivity contribution in [3.8, 4) is 0 Å². The number of fused-ring (bicyclic) bond motifs is 2. The lowest BCUT2D eigenvalue weighted by atomic mass is 9.81. The minimum absolute atomic E-state index is 0.302. The second-order valence-electron chi connectivity index (χ2n) is 5.23. The Morgan fingerprint density at radius 2 is 1.80 bits per heavy atom. The summed E-state index contributed by atoms with van der Waals surface area (Å²) in [7, 11) is 0. The Balaban J connectivity index is 2.26.